The number of nitrogens with zero attached hydrogens (tertiary/aromatic N) is 3. The lowest BCUT2D eigenvalue weighted by Gasteiger charge is -2.20. The lowest BCUT2D eigenvalue weighted by molar-refractivity contribution is 0.676. The maximum atomic E-state index is 4.59. The van der Waals surface area contributed by atoms with Crippen molar-refractivity contribution < 1.29 is 0 Å². The fourth-order valence-electron chi connectivity index (χ4n) is 2.98. The van der Waals surface area contributed by atoms with Crippen molar-refractivity contribution in [3.05, 3.63) is 48.5 Å². The molecule has 1 atom stereocenters. The van der Waals surface area contributed by atoms with Crippen LogP contribution in [0.15, 0.2) is 58.5 Å². The highest BCUT2D eigenvalue weighted by Gasteiger charge is 2.17. The van der Waals surface area contributed by atoms with Gasteiger partial charge >= 0.3 is 0 Å². The van der Waals surface area contributed by atoms with Gasteiger partial charge in [0.15, 0.2) is 0 Å². The van der Waals surface area contributed by atoms with Crippen LogP contribution in [0.1, 0.15) is 13.8 Å². The summed E-state index contributed by atoms with van der Waals surface area (Å²) in [5.41, 5.74) is 2.32. The Kier molecular flexibility index (Phi) is 2.57. The Bertz CT molecular complexity index is 848. The van der Waals surface area contributed by atoms with E-state index in [0.717, 1.165) is 22.8 Å². The number of aromatic nitrogens is 1. The predicted octanol–water partition coefficient (Wildman–Crippen LogP) is 3.37. The van der Waals surface area contributed by atoms with Gasteiger partial charge in [-0.2, -0.15) is 4.99 Å². The second-order valence-electron chi connectivity index (χ2n) is 5.30. The Morgan fingerprint density at radius 3 is 2.10 bits per heavy atom. The summed E-state index contributed by atoms with van der Waals surface area (Å²) in [5.74, 6) is 1.64. The summed E-state index contributed by atoms with van der Waals surface area (Å²) in [6, 6.07) is 16.8. The van der Waals surface area contributed by atoms with E-state index in [1.54, 1.807) is 0 Å². The van der Waals surface area contributed by atoms with Gasteiger partial charge in [0.05, 0.1) is 11.0 Å². The number of para-hydroxylation sites is 2. The van der Waals surface area contributed by atoms with Crippen LogP contribution >= 0.6 is 0 Å². The zero-order valence-corrected chi connectivity index (χ0v) is 12.0. The highest BCUT2D eigenvalue weighted by atomic mass is 15.3. The van der Waals surface area contributed by atoms with E-state index in [1.807, 2.05) is 13.8 Å². The topological polar surface area (TPSA) is 41.7 Å². The predicted molar refractivity (Wildman–Crippen MR) is 88.0 cm³/mol. The first-order chi connectivity index (χ1) is 10.2. The summed E-state index contributed by atoms with van der Waals surface area (Å²) in [6.45, 7) is 3.97. The summed E-state index contributed by atoms with van der Waals surface area (Å²) in [4.78, 5) is 9.00. The van der Waals surface area contributed by atoms with Crippen LogP contribution < -0.4 is 5.32 Å². The fourth-order valence-corrected chi connectivity index (χ4v) is 2.98. The minimum Gasteiger partial charge on any atom is -0.334 e. The molecule has 0 fully saturated rings. The number of rotatable bonds is 0. The monoisotopic (exact) mass is 276 g/mol. The molecule has 0 aliphatic carbocycles. The van der Waals surface area contributed by atoms with Gasteiger partial charge in [-0.15, -0.1) is 0 Å². The Morgan fingerprint density at radius 2 is 1.52 bits per heavy atom. The van der Waals surface area contributed by atoms with Crippen LogP contribution in [-0.2, 0) is 0 Å². The van der Waals surface area contributed by atoms with Crippen LogP contribution in [0, 0.1) is 0 Å². The maximum absolute atomic E-state index is 4.59. The van der Waals surface area contributed by atoms with Crippen LogP contribution in [0.25, 0.3) is 21.8 Å². The first kappa shape index (κ1) is 12.1. The molecule has 21 heavy (non-hydrogen) atoms. The van der Waals surface area contributed by atoms with Crippen molar-refractivity contribution in [1.29, 1.82) is 0 Å². The van der Waals surface area contributed by atoms with Crippen molar-refractivity contribution in [2.24, 2.45) is 9.98 Å². The molecule has 3 aromatic rings. The molecule has 0 amide bonds. The number of aliphatic imine (C=N–C) groups is 2. The number of amidine groups is 1. The van der Waals surface area contributed by atoms with E-state index in [1.165, 1.54) is 10.8 Å². The molecule has 104 valence electrons. The van der Waals surface area contributed by atoms with E-state index >= 15 is 0 Å². The lowest BCUT2D eigenvalue weighted by atomic mass is 10.2. The maximum Gasteiger partial charge on any atom is 0.211 e. The van der Waals surface area contributed by atoms with E-state index in [0.29, 0.717) is 0 Å². The summed E-state index contributed by atoms with van der Waals surface area (Å²) < 4.78 is 2.18. The molecular weight excluding hydrogens is 260 g/mol. The van der Waals surface area contributed by atoms with E-state index in [4.69, 9.17) is 0 Å². The third-order valence-electron chi connectivity index (χ3n) is 3.78. The second kappa shape index (κ2) is 4.45. The molecule has 0 spiro atoms. The summed E-state index contributed by atoms with van der Waals surface area (Å²) >= 11 is 0. The number of benzene rings is 2. The van der Waals surface area contributed by atoms with Crippen molar-refractivity contribution in [3.8, 4) is 0 Å². The van der Waals surface area contributed by atoms with Gasteiger partial charge in [-0.1, -0.05) is 36.4 Å². The zero-order valence-electron chi connectivity index (χ0n) is 12.0. The average Bonchev–Trinajstić information content (AvgIpc) is 2.81. The molecule has 0 saturated carbocycles. The first-order valence-corrected chi connectivity index (χ1v) is 7.12. The zero-order chi connectivity index (χ0) is 14.4. The number of fused-ring (bicyclic) bond motifs is 3. The SMILES string of the molecule is CC1=NC(C)NC(n2c3ccccc3c3ccccc32)=N1. The Morgan fingerprint density at radius 1 is 0.952 bits per heavy atom. The smallest absolute Gasteiger partial charge is 0.211 e. The van der Waals surface area contributed by atoms with Crippen molar-refractivity contribution in [2.45, 2.75) is 20.0 Å². The van der Waals surface area contributed by atoms with Gasteiger partial charge in [0.25, 0.3) is 0 Å². The summed E-state index contributed by atoms with van der Waals surface area (Å²) in [5, 5.41) is 5.84. The van der Waals surface area contributed by atoms with Gasteiger partial charge in [0.2, 0.25) is 5.96 Å². The molecule has 0 bridgehead atoms. The largest absolute Gasteiger partial charge is 0.334 e. The second-order valence-corrected chi connectivity index (χ2v) is 5.30. The van der Waals surface area contributed by atoms with E-state index in [-0.39, 0.29) is 6.17 Å². The molecule has 4 nitrogen and oxygen atoms in total. The Balaban J connectivity index is 2.09. The molecule has 0 radical (unpaired) electrons. The molecule has 1 aliphatic rings. The lowest BCUT2D eigenvalue weighted by Crippen LogP contribution is -2.39. The number of hydrogen-bond acceptors (Lipinski definition) is 3. The van der Waals surface area contributed by atoms with Gasteiger partial charge < -0.3 is 5.32 Å². The van der Waals surface area contributed by atoms with Crippen LogP contribution in [0.5, 0.6) is 0 Å². The van der Waals surface area contributed by atoms with E-state index in [9.17, 15) is 0 Å². The van der Waals surface area contributed by atoms with Crippen LogP contribution in [0.2, 0.25) is 0 Å². The molecule has 1 unspecified atom stereocenters. The molecular formula is C17H16N4. The minimum atomic E-state index is 0.0393. The Hall–Kier alpha value is -2.62. The van der Waals surface area contributed by atoms with Crippen LogP contribution in [-0.4, -0.2) is 22.5 Å². The first-order valence-electron chi connectivity index (χ1n) is 7.12. The molecule has 2 aromatic carbocycles. The van der Waals surface area contributed by atoms with E-state index < -0.39 is 0 Å². The van der Waals surface area contributed by atoms with Crippen LogP contribution in [0.4, 0.5) is 0 Å². The van der Waals surface area contributed by atoms with E-state index in [2.05, 4.69) is 68.4 Å². The van der Waals surface area contributed by atoms with Crippen molar-refractivity contribution in [2.75, 3.05) is 0 Å². The highest BCUT2D eigenvalue weighted by molar-refractivity contribution is 6.15. The van der Waals surface area contributed by atoms with Gasteiger partial charge in [-0.25, -0.2) is 4.99 Å². The van der Waals surface area contributed by atoms with Crippen molar-refractivity contribution >= 4 is 33.6 Å². The highest BCUT2D eigenvalue weighted by Crippen LogP contribution is 2.28. The molecule has 4 rings (SSSR count). The Labute approximate surface area is 122 Å². The normalized spacial score (nSPS) is 18.5. The molecule has 1 aromatic heterocycles. The van der Waals surface area contributed by atoms with Gasteiger partial charge in [0, 0.05) is 10.8 Å². The third kappa shape index (κ3) is 1.83. The minimum absolute atomic E-state index is 0.0393. The fraction of sp³-hybridized carbons (Fsp3) is 0.176. The van der Waals surface area contributed by atoms with Crippen molar-refractivity contribution in [3.63, 3.8) is 0 Å². The van der Waals surface area contributed by atoms with Crippen LogP contribution in [0.3, 0.4) is 0 Å². The average molecular weight is 276 g/mol. The van der Waals surface area contributed by atoms with Gasteiger partial charge in [-0.05, 0) is 26.0 Å². The summed E-state index contributed by atoms with van der Waals surface area (Å²) in [7, 11) is 0. The molecule has 0 saturated heterocycles. The quantitative estimate of drug-likeness (QED) is 0.672. The molecule has 4 heteroatoms. The number of nitrogens with one attached hydrogen (secondary N) is 1. The molecule has 1 N–H and O–H groups in total. The van der Waals surface area contributed by atoms with Gasteiger partial charge in [-0.3, -0.25) is 4.57 Å². The molecule has 1 aliphatic heterocycles. The third-order valence-corrected chi connectivity index (χ3v) is 3.78. The molecule has 2 heterocycles. The number of hydrogen-bond donors (Lipinski definition) is 1. The summed E-state index contributed by atoms with van der Waals surface area (Å²) in [6.07, 6.45) is 0.0393. The standard InChI is InChI=1S/C17H16N4/c1-11-18-12(2)20-17(19-11)21-15-9-5-3-7-13(15)14-8-4-6-10-16(14)21/h3-11H,1-2H3,(H,18,19,20). The van der Waals surface area contributed by atoms with Gasteiger partial charge in [0.1, 0.15) is 12.0 Å². The van der Waals surface area contributed by atoms with Crippen molar-refractivity contribution in [1.82, 2.24) is 9.88 Å².